The fourth-order valence-corrected chi connectivity index (χ4v) is 3.05. The number of nitrogens with zero attached hydrogens (tertiary/aromatic N) is 2. The largest absolute Gasteiger partial charge is 0.349 e. The van der Waals surface area contributed by atoms with Crippen molar-refractivity contribution in [3.63, 3.8) is 0 Å². The van der Waals surface area contributed by atoms with Gasteiger partial charge in [-0.3, -0.25) is 4.79 Å². The van der Waals surface area contributed by atoms with E-state index in [2.05, 4.69) is 26.2 Å². The predicted octanol–water partition coefficient (Wildman–Crippen LogP) is 3.58. The molecule has 118 valence electrons. The fraction of sp³-hybridized carbons (Fsp3) is 0.222. The summed E-state index contributed by atoms with van der Waals surface area (Å²) in [4.78, 5) is 16.6. The Balaban J connectivity index is 1.58. The molecule has 3 aromatic rings. The Bertz CT molecular complexity index is 841. The molecule has 0 unspecified atom stereocenters. The van der Waals surface area contributed by atoms with Crippen LogP contribution in [-0.4, -0.2) is 15.5 Å². The summed E-state index contributed by atoms with van der Waals surface area (Å²) in [6.45, 7) is 0.444. The number of para-hydroxylation sites is 2. The second-order valence-corrected chi connectivity index (χ2v) is 6.30. The molecule has 1 amide bonds. The number of halogens is 1. The van der Waals surface area contributed by atoms with Gasteiger partial charge in [-0.25, -0.2) is 4.98 Å². The minimum absolute atomic E-state index is 0.0350. The number of fused-ring (bicyclic) bond motifs is 1. The van der Waals surface area contributed by atoms with Crippen LogP contribution in [0.3, 0.4) is 0 Å². The molecule has 0 fully saturated rings. The van der Waals surface area contributed by atoms with Gasteiger partial charge in [-0.2, -0.15) is 0 Å². The first-order chi connectivity index (χ1) is 11.1. The van der Waals surface area contributed by atoms with Crippen molar-refractivity contribution in [2.45, 2.75) is 19.4 Å². The van der Waals surface area contributed by atoms with Gasteiger partial charge in [-0.15, -0.1) is 0 Å². The Labute approximate surface area is 143 Å². The number of carbonyl (C=O) groups is 1. The van der Waals surface area contributed by atoms with Crippen LogP contribution in [0, 0.1) is 0 Å². The molecule has 0 spiro atoms. The van der Waals surface area contributed by atoms with Crippen LogP contribution in [0.4, 0.5) is 0 Å². The average molecular weight is 372 g/mol. The van der Waals surface area contributed by atoms with E-state index < -0.39 is 0 Å². The van der Waals surface area contributed by atoms with Crippen molar-refractivity contribution in [2.75, 3.05) is 0 Å². The Morgan fingerprint density at radius 2 is 1.91 bits per heavy atom. The molecule has 1 heterocycles. The van der Waals surface area contributed by atoms with E-state index in [1.807, 2.05) is 60.1 Å². The highest BCUT2D eigenvalue weighted by Crippen LogP contribution is 2.17. The SMILES string of the molecule is Cn1c(CNC(=O)CCc2ccccc2Br)nc2ccccc21. The molecule has 23 heavy (non-hydrogen) atoms. The lowest BCUT2D eigenvalue weighted by molar-refractivity contribution is -0.121. The average Bonchev–Trinajstić information content (AvgIpc) is 2.89. The highest BCUT2D eigenvalue weighted by molar-refractivity contribution is 9.10. The van der Waals surface area contributed by atoms with Gasteiger partial charge >= 0.3 is 0 Å². The minimum Gasteiger partial charge on any atom is -0.349 e. The van der Waals surface area contributed by atoms with Crippen LogP contribution in [0.15, 0.2) is 53.0 Å². The van der Waals surface area contributed by atoms with Crippen molar-refractivity contribution in [3.05, 3.63) is 64.4 Å². The number of amides is 1. The number of hydrogen-bond donors (Lipinski definition) is 1. The van der Waals surface area contributed by atoms with E-state index >= 15 is 0 Å². The highest BCUT2D eigenvalue weighted by Gasteiger charge is 2.09. The topological polar surface area (TPSA) is 46.9 Å². The lowest BCUT2D eigenvalue weighted by Gasteiger charge is -2.07. The summed E-state index contributed by atoms with van der Waals surface area (Å²) in [6, 6.07) is 15.9. The number of imidazole rings is 1. The number of aromatic nitrogens is 2. The number of aryl methyl sites for hydroxylation is 2. The molecule has 5 heteroatoms. The van der Waals surface area contributed by atoms with Gasteiger partial charge in [0.1, 0.15) is 5.82 Å². The maximum absolute atomic E-state index is 12.1. The number of benzene rings is 2. The smallest absolute Gasteiger partial charge is 0.220 e. The molecular formula is C18H18BrN3O. The van der Waals surface area contributed by atoms with Crippen molar-refractivity contribution in [3.8, 4) is 0 Å². The Hall–Kier alpha value is -2.14. The lowest BCUT2D eigenvalue weighted by Crippen LogP contribution is -2.24. The van der Waals surface area contributed by atoms with Crippen LogP contribution in [0.25, 0.3) is 11.0 Å². The number of carbonyl (C=O) groups excluding carboxylic acids is 1. The molecule has 0 saturated heterocycles. The van der Waals surface area contributed by atoms with Crippen LogP contribution in [0.2, 0.25) is 0 Å². The van der Waals surface area contributed by atoms with Gasteiger partial charge in [0, 0.05) is 17.9 Å². The monoisotopic (exact) mass is 371 g/mol. The first kappa shape index (κ1) is 15.7. The van der Waals surface area contributed by atoms with Crippen molar-refractivity contribution in [1.82, 2.24) is 14.9 Å². The summed E-state index contributed by atoms with van der Waals surface area (Å²) in [7, 11) is 1.97. The summed E-state index contributed by atoms with van der Waals surface area (Å²) in [5.41, 5.74) is 3.17. The summed E-state index contributed by atoms with van der Waals surface area (Å²) in [5.74, 6) is 0.897. The van der Waals surface area contributed by atoms with E-state index in [0.717, 1.165) is 33.3 Å². The van der Waals surface area contributed by atoms with E-state index in [1.165, 1.54) is 0 Å². The second-order valence-electron chi connectivity index (χ2n) is 5.44. The molecule has 3 rings (SSSR count). The Morgan fingerprint density at radius 3 is 2.70 bits per heavy atom. The predicted molar refractivity (Wildman–Crippen MR) is 95.0 cm³/mol. The highest BCUT2D eigenvalue weighted by atomic mass is 79.9. The van der Waals surface area contributed by atoms with Gasteiger partial charge in [0.25, 0.3) is 0 Å². The number of nitrogens with one attached hydrogen (secondary N) is 1. The lowest BCUT2D eigenvalue weighted by atomic mass is 10.1. The Morgan fingerprint density at radius 1 is 1.17 bits per heavy atom. The third-order valence-corrected chi connectivity index (χ3v) is 4.68. The zero-order valence-corrected chi connectivity index (χ0v) is 14.5. The molecule has 0 bridgehead atoms. The maximum Gasteiger partial charge on any atom is 0.220 e. The standard InChI is InChI=1S/C18H18BrN3O/c1-22-16-9-5-4-8-15(16)21-17(22)12-20-18(23)11-10-13-6-2-3-7-14(13)19/h2-9H,10-12H2,1H3,(H,20,23). The van der Waals surface area contributed by atoms with Crippen molar-refractivity contribution in [1.29, 1.82) is 0 Å². The van der Waals surface area contributed by atoms with Crippen LogP contribution in [-0.2, 0) is 24.8 Å². The molecule has 1 aromatic heterocycles. The molecule has 1 N–H and O–H groups in total. The van der Waals surface area contributed by atoms with Gasteiger partial charge in [0.2, 0.25) is 5.91 Å². The van der Waals surface area contributed by atoms with Crippen LogP contribution >= 0.6 is 15.9 Å². The fourth-order valence-electron chi connectivity index (χ4n) is 2.57. The number of hydrogen-bond acceptors (Lipinski definition) is 2. The van der Waals surface area contributed by atoms with Crippen molar-refractivity contribution in [2.24, 2.45) is 7.05 Å². The third-order valence-electron chi connectivity index (χ3n) is 3.90. The van der Waals surface area contributed by atoms with E-state index in [4.69, 9.17) is 0 Å². The Kier molecular flexibility index (Phi) is 4.76. The normalized spacial score (nSPS) is 10.9. The van der Waals surface area contributed by atoms with E-state index in [0.29, 0.717) is 13.0 Å². The summed E-state index contributed by atoms with van der Waals surface area (Å²) in [6.07, 6.45) is 1.18. The molecule has 0 atom stereocenters. The minimum atomic E-state index is 0.0350. The molecule has 2 aromatic carbocycles. The molecule has 0 saturated carbocycles. The molecule has 4 nitrogen and oxygen atoms in total. The summed E-state index contributed by atoms with van der Waals surface area (Å²) in [5, 5.41) is 2.95. The summed E-state index contributed by atoms with van der Waals surface area (Å²) < 4.78 is 3.06. The van der Waals surface area contributed by atoms with E-state index in [-0.39, 0.29) is 5.91 Å². The zero-order valence-electron chi connectivity index (χ0n) is 12.9. The molecule has 0 aliphatic rings. The van der Waals surface area contributed by atoms with E-state index in [1.54, 1.807) is 0 Å². The second kappa shape index (κ2) is 6.96. The van der Waals surface area contributed by atoms with Crippen molar-refractivity contribution >= 4 is 32.9 Å². The molecule has 0 aliphatic carbocycles. The molecule has 0 radical (unpaired) electrons. The van der Waals surface area contributed by atoms with Crippen LogP contribution < -0.4 is 5.32 Å². The van der Waals surface area contributed by atoms with Gasteiger partial charge in [0.15, 0.2) is 0 Å². The van der Waals surface area contributed by atoms with Crippen LogP contribution in [0.1, 0.15) is 17.8 Å². The van der Waals surface area contributed by atoms with Gasteiger partial charge in [-0.1, -0.05) is 46.3 Å². The van der Waals surface area contributed by atoms with Gasteiger partial charge in [-0.05, 0) is 30.2 Å². The van der Waals surface area contributed by atoms with Gasteiger partial charge in [0.05, 0.1) is 17.6 Å². The quantitative estimate of drug-likeness (QED) is 0.744. The van der Waals surface area contributed by atoms with Crippen molar-refractivity contribution < 1.29 is 4.79 Å². The first-order valence-corrected chi connectivity index (χ1v) is 8.35. The third kappa shape index (κ3) is 3.62. The molecular weight excluding hydrogens is 354 g/mol. The molecule has 0 aliphatic heterocycles. The maximum atomic E-state index is 12.1. The summed E-state index contributed by atoms with van der Waals surface area (Å²) >= 11 is 3.51. The van der Waals surface area contributed by atoms with Gasteiger partial charge < -0.3 is 9.88 Å². The number of rotatable bonds is 5. The van der Waals surface area contributed by atoms with Crippen LogP contribution in [0.5, 0.6) is 0 Å². The zero-order chi connectivity index (χ0) is 16.2. The van der Waals surface area contributed by atoms with E-state index in [9.17, 15) is 4.79 Å². The first-order valence-electron chi connectivity index (χ1n) is 7.55.